The Balaban J connectivity index is 1.41. The predicted molar refractivity (Wildman–Crippen MR) is 85.7 cm³/mol. The minimum absolute atomic E-state index is 0.0323. The molecule has 2 bridgehead atoms. The van der Waals surface area contributed by atoms with Crippen LogP contribution in [-0.4, -0.2) is 18.0 Å². The maximum Gasteiger partial charge on any atom is 0.310 e. The summed E-state index contributed by atoms with van der Waals surface area (Å²) in [6, 6.07) is 14.0. The van der Waals surface area contributed by atoms with E-state index in [9.17, 15) is 9.59 Å². The first-order valence-electron chi connectivity index (χ1n) is 8.21. The van der Waals surface area contributed by atoms with E-state index in [0.29, 0.717) is 5.92 Å². The molecule has 1 heterocycles. The molecule has 5 rings (SSSR count). The van der Waals surface area contributed by atoms with Gasteiger partial charge in [0.2, 0.25) is 5.91 Å². The van der Waals surface area contributed by atoms with Gasteiger partial charge in [-0.3, -0.25) is 9.59 Å². The van der Waals surface area contributed by atoms with Gasteiger partial charge in [0.15, 0.2) is 0 Å². The average molecular weight is 307 g/mol. The monoisotopic (exact) mass is 307 g/mol. The van der Waals surface area contributed by atoms with Gasteiger partial charge in [0, 0.05) is 11.6 Å². The van der Waals surface area contributed by atoms with Gasteiger partial charge in [0.25, 0.3) is 0 Å². The van der Waals surface area contributed by atoms with E-state index in [1.54, 1.807) is 0 Å². The van der Waals surface area contributed by atoms with E-state index in [2.05, 4.69) is 5.32 Å². The van der Waals surface area contributed by atoms with Crippen LogP contribution in [0.4, 0.5) is 5.69 Å². The second-order valence-corrected chi connectivity index (χ2v) is 6.97. The zero-order valence-corrected chi connectivity index (χ0v) is 12.6. The van der Waals surface area contributed by atoms with Gasteiger partial charge in [-0.2, -0.15) is 0 Å². The van der Waals surface area contributed by atoms with Crippen LogP contribution >= 0.6 is 0 Å². The van der Waals surface area contributed by atoms with Gasteiger partial charge in [-0.25, -0.2) is 0 Å². The maximum atomic E-state index is 12.8. The molecule has 116 valence electrons. The van der Waals surface area contributed by atoms with Crippen molar-refractivity contribution in [2.75, 3.05) is 5.32 Å². The number of anilines is 1. The van der Waals surface area contributed by atoms with Crippen LogP contribution in [0.2, 0.25) is 0 Å². The van der Waals surface area contributed by atoms with Crippen molar-refractivity contribution in [2.45, 2.75) is 18.9 Å². The van der Waals surface area contributed by atoms with E-state index in [1.807, 2.05) is 42.5 Å². The first kappa shape index (κ1) is 13.1. The molecular weight excluding hydrogens is 290 g/mol. The third kappa shape index (κ3) is 1.84. The fourth-order valence-corrected chi connectivity index (χ4v) is 4.86. The molecule has 23 heavy (non-hydrogen) atoms. The third-order valence-electron chi connectivity index (χ3n) is 5.80. The van der Waals surface area contributed by atoms with Crippen LogP contribution in [0.25, 0.3) is 10.8 Å². The van der Waals surface area contributed by atoms with Crippen LogP contribution in [0, 0.1) is 23.7 Å². The van der Waals surface area contributed by atoms with Crippen LogP contribution in [0.5, 0.6) is 0 Å². The van der Waals surface area contributed by atoms with Gasteiger partial charge < -0.3 is 10.1 Å². The maximum absolute atomic E-state index is 12.8. The van der Waals surface area contributed by atoms with E-state index < -0.39 is 0 Å². The van der Waals surface area contributed by atoms with Gasteiger partial charge in [-0.05, 0) is 41.7 Å². The molecule has 2 aliphatic carbocycles. The standard InChI is InChI=1S/C19H17NO3/c21-18(16-12-8-14-15(9-12)23-19(22)17(14)16)20-13-6-5-10-3-1-2-4-11(10)7-13/h1-7,12,14-17H,8-9H2,(H,20,21)/t12-,14-,15-,16+,17+/m1/s1. The number of esters is 1. The Labute approximate surface area is 133 Å². The molecule has 1 amide bonds. The highest BCUT2D eigenvalue weighted by molar-refractivity contribution is 5.98. The topological polar surface area (TPSA) is 55.4 Å². The van der Waals surface area contributed by atoms with Gasteiger partial charge in [0.1, 0.15) is 6.10 Å². The van der Waals surface area contributed by atoms with Crippen LogP contribution in [0.15, 0.2) is 42.5 Å². The van der Waals surface area contributed by atoms with E-state index in [4.69, 9.17) is 4.74 Å². The predicted octanol–water partition coefficient (Wildman–Crippen LogP) is 2.98. The van der Waals surface area contributed by atoms with Crippen LogP contribution in [0.1, 0.15) is 12.8 Å². The SMILES string of the molecule is O=C(Nc1ccc2ccccc2c1)[C@H]1[C@@H]2C[C@H]3[C@@H]1C(=O)O[C@@H]3C2. The lowest BCUT2D eigenvalue weighted by Crippen LogP contribution is -2.35. The molecule has 0 aromatic heterocycles. The lowest BCUT2D eigenvalue weighted by atomic mass is 9.79. The summed E-state index contributed by atoms with van der Waals surface area (Å²) in [5.41, 5.74) is 0.791. The number of hydrogen-bond donors (Lipinski definition) is 1. The summed E-state index contributed by atoms with van der Waals surface area (Å²) in [7, 11) is 0. The normalized spacial score (nSPS) is 33.9. The summed E-state index contributed by atoms with van der Waals surface area (Å²) in [5, 5.41) is 5.26. The van der Waals surface area contributed by atoms with Crippen molar-refractivity contribution in [2.24, 2.45) is 23.7 Å². The molecule has 1 N–H and O–H groups in total. The summed E-state index contributed by atoms with van der Waals surface area (Å²) in [5.74, 6) is -0.0903. The quantitative estimate of drug-likeness (QED) is 0.868. The Bertz CT molecular complexity index is 828. The molecule has 2 saturated carbocycles. The van der Waals surface area contributed by atoms with Crippen LogP contribution in [-0.2, 0) is 14.3 Å². The van der Waals surface area contributed by atoms with Crippen molar-refractivity contribution in [1.29, 1.82) is 0 Å². The number of ether oxygens (including phenoxy) is 1. The summed E-state index contributed by atoms with van der Waals surface area (Å²) in [6.07, 6.45) is 1.88. The van der Waals surface area contributed by atoms with Crippen molar-refractivity contribution in [3.8, 4) is 0 Å². The highest BCUT2D eigenvalue weighted by Crippen LogP contribution is 2.57. The highest BCUT2D eigenvalue weighted by atomic mass is 16.6. The zero-order valence-electron chi connectivity index (χ0n) is 12.6. The number of fused-ring (bicyclic) bond motifs is 2. The molecule has 0 spiro atoms. The second kappa shape index (κ2) is 4.57. The van der Waals surface area contributed by atoms with E-state index in [-0.39, 0.29) is 35.7 Å². The largest absolute Gasteiger partial charge is 0.462 e. The molecule has 2 aromatic carbocycles. The Kier molecular flexibility index (Phi) is 2.61. The van der Waals surface area contributed by atoms with Crippen molar-refractivity contribution >= 4 is 28.3 Å². The number of hydrogen-bond acceptors (Lipinski definition) is 3. The molecule has 2 aromatic rings. The van der Waals surface area contributed by atoms with Crippen molar-refractivity contribution in [1.82, 2.24) is 0 Å². The lowest BCUT2D eigenvalue weighted by molar-refractivity contribution is -0.145. The van der Waals surface area contributed by atoms with Crippen molar-refractivity contribution < 1.29 is 14.3 Å². The molecule has 4 heteroatoms. The van der Waals surface area contributed by atoms with Gasteiger partial charge in [-0.1, -0.05) is 30.3 Å². The van der Waals surface area contributed by atoms with Gasteiger partial charge in [-0.15, -0.1) is 0 Å². The molecule has 3 aliphatic rings. The van der Waals surface area contributed by atoms with Gasteiger partial charge >= 0.3 is 5.97 Å². The molecule has 1 saturated heterocycles. The zero-order chi connectivity index (χ0) is 15.6. The second-order valence-electron chi connectivity index (χ2n) is 6.97. The Morgan fingerprint density at radius 2 is 1.91 bits per heavy atom. The molecule has 3 fully saturated rings. The Morgan fingerprint density at radius 1 is 1.09 bits per heavy atom. The lowest BCUT2D eigenvalue weighted by Gasteiger charge is -2.23. The van der Waals surface area contributed by atoms with E-state index in [1.165, 1.54) is 0 Å². The summed E-state index contributed by atoms with van der Waals surface area (Å²) >= 11 is 0. The molecule has 0 radical (unpaired) electrons. The smallest absolute Gasteiger partial charge is 0.310 e. The number of rotatable bonds is 2. The highest BCUT2D eigenvalue weighted by Gasteiger charge is 2.63. The minimum Gasteiger partial charge on any atom is -0.462 e. The molecule has 4 nitrogen and oxygen atoms in total. The Morgan fingerprint density at radius 3 is 2.78 bits per heavy atom. The van der Waals surface area contributed by atoms with Crippen molar-refractivity contribution in [3.63, 3.8) is 0 Å². The number of carbonyl (C=O) groups excluding carboxylic acids is 2. The first-order valence-corrected chi connectivity index (χ1v) is 8.21. The molecule has 1 aliphatic heterocycles. The summed E-state index contributed by atoms with van der Waals surface area (Å²) in [6.45, 7) is 0. The number of amides is 1. The molecular formula is C19H17NO3. The molecule has 5 atom stereocenters. The third-order valence-corrected chi connectivity index (χ3v) is 5.80. The minimum atomic E-state index is -0.224. The van der Waals surface area contributed by atoms with Gasteiger partial charge in [0.05, 0.1) is 11.8 Å². The number of nitrogens with one attached hydrogen (secondary N) is 1. The summed E-state index contributed by atoms with van der Waals surface area (Å²) in [4.78, 5) is 24.8. The number of benzene rings is 2. The van der Waals surface area contributed by atoms with Crippen LogP contribution < -0.4 is 5.32 Å². The number of carbonyl (C=O) groups is 2. The average Bonchev–Trinajstić information content (AvgIpc) is 3.16. The fraction of sp³-hybridized carbons (Fsp3) is 0.368. The summed E-state index contributed by atoms with van der Waals surface area (Å²) < 4.78 is 5.41. The van der Waals surface area contributed by atoms with E-state index in [0.717, 1.165) is 29.3 Å². The fourth-order valence-electron chi connectivity index (χ4n) is 4.86. The first-order chi connectivity index (χ1) is 11.2. The molecule has 0 unspecified atom stereocenters. The van der Waals surface area contributed by atoms with Crippen molar-refractivity contribution in [3.05, 3.63) is 42.5 Å². The van der Waals surface area contributed by atoms with Crippen LogP contribution in [0.3, 0.4) is 0 Å². The van der Waals surface area contributed by atoms with E-state index >= 15 is 0 Å². The Hall–Kier alpha value is -2.36.